The molecule has 116 valence electrons. The number of hydrogen-bond donors (Lipinski definition) is 1. The van der Waals surface area contributed by atoms with E-state index in [0.717, 1.165) is 12.1 Å². The molecule has 0 aromatic heterocycles. The van der Waals surface area contributed by atoms with Crippen molar-refractivity contribution in [1.29, 1.82) is 0 Å². The van der Waals surface area contributed by atoms with Crippen molar-refractivity contribution >= 4 is 12.2 Å². The highest BCUT2D eigenvalue weighted by atomic mass is 19.4. The number of benzene rings is 1. The Kier molecular flexibility index (Phi) is 4.26. The molecule has 0 spiro atoms. The summed E-state index contributed by atoms with van der Waals surface area (Å²) >= 11 is 0. The molecule has 0 bridgehead atoms. The monoisotopic (exact) mass is 314 g/mol. The molecule has 0 heterocycles. The molecule has 0 saturated heterocycles. The third-order valence-electron chi connectivity index (χ3n) is 2.59. The zero-order chi connectivity index (χ0) is 16.5. The van der Waals surface area contributed by atoms with Crippen molar-refractivity contribution in [3.63, 3.8) is 0 Å². The highest BCUT2D eigenvalue weighted by Gasteiger charge is 2.75. The van der Waals surface area contributed by atoms with Gasteiger partial charge in [-0.3, -0.25) is 0 Å². The van der Waals surface area contributed by atoms with E-state index in [9.17, 15) is 31.1 Å². The van der Waals surface area contributed by atoms with Gasteiger partial charge >= 0.3 is 24.1 Å². The molecule has 0 amide bonds. The second-order valence-corrected chi connectivity index (χ2v) is 3.87. The van der Waals surface area contributed by atoms with Crippen molar-refractivity contribution in [3.8, 4) is 0 Å². The lowest BCUT2D eigenvalue weighted by molar-refractivity contribution is -0.375. The Balaban J connectivity index is 3.61. The van der Waals surface area contributed by atoms with E-state index < -0.39 is 29.7 Å². The maximum Gasteiger partial charge on any atom is 0.507 e. The number of carbonyl (C=O) groups is 1. The van der Waals surface area contributed by atoms with Crippen LogP contribution in [0.4, 0.5) is 31.1 Å². The number of hydrogen-bond acceptors (Lipinski definition) is 2. The summed E-state index contributed by atoms with van der Waals surface area (Å²) in [5, 5.41) is 8.30. The predicted octanol–water partition coefficient (Wildman–Crippen LogP) is 4.34. The summed E-state index contributed by atoms with van der Waals surface area (Å²) in [5.74, 6) is 0. The van der Waals surface area contributed by atoms with Gasteiger partial charge in [0.1, 0.15) is 0 Å². The van der Waals surface area contributed by atoms with E-state index >= 15 is 0 Å². The Morgan fingerprint density at radius 3 is 1.76 bits per heavy atom. The van der Waals surface area contributed by atoms with Crippen LogP contribution in [0.2, 0.25) is 0 Å². The molecule has 0 unspecified atom stereocenters. The average molecular weight is 314 g/mol. The lowest BCUT2D eigenvalue weighted by Gasteiger charge is -2.35. The zero-order valence-corrected chi connectivity index (χ0v) is 10.1. The van der Waals surface area contributed by atoms with E-state index in [1.54, 1.807) is 0 Å². The lowest BCUT2D eigenvalue weighted by atomic mass is 9.91. The van der Waals surface area contributed by atoms with Crippen LogP contribution in [0, 0.1) is 0 Å². The molecule has 0 aliphatic heterocycles. The van der Waals surface area contributed by atoms with E-state index in [-0.39, 0.29) is 5.56 Å². The summed E-state index contributed by atoms with van der Waals surface area (Å²) in [7, 11) is 0. The van der Waals surface area contributed by atoms with Gasteiger partial charge in [0.25, 0.3) is 0 Å². The van der Waals surface area contributed by atoms with Crippen LogP contribution in [0.25, 0.3) is 6.08 Å². The van der Waals surface area contributed by atoms with Gasteiger partial charge in [-0.05, 0) is 5.56 Å². The molecule has 0 atom stereocenters. The molecule has 1 rings (SSSR count). The molecular weight excluding hydrogens is 306 g/mol. The normalized spacial score (nSPS) is 12.9. The van der Waals surface area contributed by atoms with E-state index in [1.165, 1.54) is 6.08 Å². The standard InChI is InChI=1S/C12H8F6O3/c1-2-7-3-5-8(6-4-7)10(11(13,14)15,12(16,17)18)21-9(19)20/h2-6H,1H2,(H,19,20). The predicted molar refractivity (Wildman–Crippen MR) is 59.4 cm³/mol. The highest BCUT2D eigenvalue weighted by molar-refractivity contribution is 5.59. The molecule has 0 radical (unpaired) electrons. The molecule has 1 aromatic carbocycles. The molecule has 3 nitrogen and oxygen atoms in total. The van der Waals surface area contributed by atoms with Gasteiger partial charge in [0, 0.05) is 5.56 Å². The third-order valence-corrected chi connectivity index (χ3v) is 2.59. The summed E-state index contributed by atoms with van der Waals surface area (Å²) in [4.78, 5) is 10.4. The fourth-order valence-corrected chi connectivity index (χ4v) is 1.65. The van der Waals surface area contributed by atoms with Gasteiger partial charge in [-0.2, -0.15) is 26.3 Å². The fourth-order valence-electron chi connectivity index (χ4n) is 1.65. The third kappa shape index (κ3) is 2.96. The Hall–Kier alpha value is -2.19. The summed E-state index contributed by atoms with van der Waals surface area (Å²) in [6.07, 6.45) is -13.6. The molecule has 0 saturated carbocycles. The van der Waals surface area contributed by atoms with Crippen LogP contribution in [0.3, 0.4) is 0 Å². The smallest absolute Gasteiger partial charge is 0.450 e. The second-order valence-electron chi connectivity index (χ2n) is 3.87. The minimum absolute atomic E-state index is 0.257. The average Bonchev–Trinajstić information content (AvgIpc) is 2.33. The van der Waals surface area contributed by atoms with E-state index in [4.69, 9.17) is 5.11 Å². The van der Waals surface area contributed by atoms with Gasteiger partial charge in [-0.25, -0.2) is 4.79 Å². The molecular formula is C12H8F6O3. The number of ether oxygens (including phenoxy) is 1. The molecule has 21 heavy (non-hydrogen) atoms. The molecule has 1 aromatic rings. The number of carboxylic acid groups (broad SMARTS) is 1. The van der Waals surface area contributed by atoms with Crippen molar-refractivity contribution in [1.82, 2.24) is 0 Å². The second kappa shape index (κ2) is 5.30. The van der Waals surface area contributed by atoms with Gasteiger partial charge in [0.15, 0.2) is 0 Å². The first-order valence-electron chi connectivity index (χ1n) is 5.24. The highest BCUT2D eigenvalue weighted by Crippen LogP contribution is 2.53. The van der Waals surface area contributed by atoms with Crippen LogP contribution in [0.15, 0.2) is 30.8 Å². The molecule has 0 aliphatic carbocycles. The van der Waals surface area contributed by atoms with Crippen LogP contribution < -0.4 is 0 Å². The Bertz CT molecular complexity index is 515. The van der Waals surface area contributed by atoms with Crippen LogP contribution >= 0.6 is 0 Å². The molecule has 0 fully saturated rings. The van der Waals surface area contributed by atoms with E-state index in [0.29, 0.717) is 12.1 Å². The van der Waals surface area contributed by atoms with Crippen LogP contribution in [0.5, 0.6) is 0 Å². The zero-order valence-electron chi connectivity index (χ0n) is 10.1. The van der Waals surface area contributed by atoms with Crippen LogP contribution in [-0.4, -0.2) is 23.6 Å². The Morgan fingerprint density at radius 1 is 1.05 bits per heavy atom. The minimum atomic E-state index is -6.03. The first-order valence-corrected chi connectivity index (χ1v) is 5.24. The van der Waals surface area contributed by atoms with Crippen molar-refractivity contribution in [2.75, 3.05) is 0 Å². The number of halogens is 6. The first kappa shape index (κ1) is 16.9. The summed E-state index contributed by atoms with van der Waals surface area (Å²) < 4.78 is 81.1. The van der Waals surface area contributed by atoms with E-state index in [2.05, 4.69) is 11.3 Å². The Morgan fingerprint density at radius 2 is 1.48 bits per heavy atom. The Labute approximate surface area is 114 Å². The van der Waals surface area contributed by atoms with Crippen LogP contribution in [0.1, 0.15) is 11.1 Å². The van der Waals surface area contributed by atoms with Crippen molar-refractivity contribution in [2.24, 2.45) is 0 Å². The van der Waals surface area contributed by atoms with E-state index in [1.807, 2.05) is 0 Å². The van der Waals surface area contributed by atoms with Gasteiger partial charge in [0.2, 0.25) is 0 Å². The van der Waals surface area contributed by atoms with Crippen molar-refractivity contribution < 1.29 is 41.0 Å². The number of alkyl halides is 6. The van der Waals surface area contributed by atoms with Crippen LogP contribution in [-0.2, 0) is 10.3 Å². The largest absolute Gasteiger partial charge is 0.507 e. The first-order chi connectivity index (χ1) is 9.45. The minimum Gasteiger partial charge on any atom is -0.450 e. The van der Waals surface area contributed by atoms with Gasteiger partial charge in [-0.1, -0.05) is 36.9 Å². The molecule has 1 N–H and O–H groups in total. The lowest BCUT2D eigenvalue weighted by Crippen LogP contribution is -2.56. The SMILES string of the molecule is C=Cc1ccc(C(OC(=O)O)(C(F)(F)F)C(F)(F)F)cc1. The van der Waals surface area contributed by atoms with Gasteiger partial charge in [0.05, 0.1) is 0 Å². The molecule has 9 heteroatoms. The molecule has 0 aliphatic rings. The summed E-state index contributed by atoms with van der Waals surface area (Å²) in [5.41, 5.74) is -6.09. The van der Waals surface area contributed by atoms with Gasteiger partial charge < -0.3 is 9.84 Å². The summed E-state index contributed by atoms with van der Waals surface area (Å²) in [6, 6.07) is 2.83. The fraction of sp³-hybridized carbons (Fsp3) is 0.250. The number of rotatable bonds is 3. The van der Waals surface area contributed by atoms with Crippen molar-refractivity contribution in [3.05, 3.63) is 42.0 Å². The van der Waals surface area contributed by atoms with Crippen molar-refractivity contribution in [2.45, 2.75) is 18.0 Å². The quantitative estimate of drug-likeness (QED) is 0.666. The maximum absolute atomic E-state index is 13.0. The summed E-state index contributed by atoms with van der Waals surface area (Å²) in [6.45, 7) is 3.30. The topological polar surface area (TPSA) is 46.5 Å². The maximum atomic E-state index is 13.0. The van der Waals surface area contributed by atoms with Gasteiger partial charge in [-0.15, -0.1) is 0 Å².